The third-order valence-corrected chi connectivity index (χ3v) is 3.60. The minimum Gasteiger partial charge on any atom is -0.484 e. The first-order valence-electron chi connectivity index (χ1n) is 7.99. The quantitative estimate of drug-likeness (QED) is 0.773. The Balaban J connectivity index is 0.00000338. The Hall–Kier alpha value is -2.57. The molecule has 0 aliphatic rings. The van der Waals surface area contributed by atoms with E-state index in [1.165, 1.54) is 4.90 Å². The van der Waals surface area contributed by atoms with Gasteiger partial charge in [0.1, 0.15) is 5.75 Å². The number of carbonyl (C=O) groups is 2. The highest BCUT2D eigenvalue weighted by atomic mass is 35.5. The number of nitrogens with two attached hydrogens (primary N) is 1. The van der Waals surface area contributed by atoms with Gasteiger partial charge < -0.3 is 20.7 Å². The van der Waals surface area contributed by atoms with E-state index in [2.05, 4.69) is 5.32 Å². The Morgan fingerprint density at radius 3 is 2.46 bits per heavy atom. The van der Waals surface area contributed by atoms with Crippen LogP contribution in [-0.2, 0) is 16.0 Å². The van der Waals surface area contributed by atoms with Gasteiger partial charge in [0.15, 0.2) is 6.61 Å². The average Bonchev–Trinajstić information content (AvgIpc) is 2.60. The summed E-state index contributed by atoms with van der Waals surface area (Å²) in [6.45, 7) is -0.0576. The van der Waals surface area contributed by atoms with E-state index in [0.717, 1.165) is 5.56 Å². The highest BCUT2D eigenvalue weighted by molar-refractivity contribution is 5.95. The molecule has 0 bridgehead atoms. The van der Waals surface area contributed by atoms with Gasteiger partial charge in [-0.05, 0) is 24.1 Å². The van der Waals surface area contributed by atoms with Crippen LogP contribution in [0.4, 0.5) is 5.69 Å². The van der Waals surface area contributed by atoms with Crippen LogP contribution in [0.3, 0.4) is 0 Å². The molecule has 0 aliphatic carbocycles. The predicted octanol–water partition coefficient (Wildman–Crippen LogP) is 2.08. The number of amides is 2. The first-order chi connectivity index (χ1) is 12.0. The molecule has 2 aromatic rings. The monoisotopic (exact) mass is 377 g/mol. The molecule has 2 rings (SSSR count). The lowest BCUT2D eigenvalue weighted by molar-refractivity contribution is -0.130. The number of likely N-dealkylation sites (N-methyl/N-ethyl adjacent to an activating group) is 1. The van der Waals surface area contributed by atoms with Crippen LogP contribution < -0.4 is 15.8 Å². The number of ether oxygens (including phenoxy) is 1. The van der Waals surface area contributed by atoms with Crippen molar-refractivity contribution in [2.75, 3.05) is 26.0 Å². The van der Waals surface area contributed by atoms with E-state index in [0.29, 0.717) is 17.9 Å². The van der Waals surface area contributed by atoms with Crippen LogP contribution in [0.5, 0.6) is 5.75 Å². The van der Waals surface area contributed by atoms with Gasteiger partial charge in [-0.3, -0.25) is 9.59 Å². The maximum absolute atomic E-state index is 12.2. The number of rotatable bonds is 7. The summed E-state index contributed by atoms with van der Waals surface area (Å²) in [6, 6.07) is 15.8. The fourth-order valence-electron chi connectivity index (χ4n) is 2.13. The minimum absolute atomic E-state index is 0. The highest BCUT2D eigenvalue weighted by Gasteiger charge is 2.14. The minimum atomic E-state index is -0.651. The number of halogens is 1. The molecule has 7 heteroatoms. The van der Waals surface area contributed by atoms with Gasteiger partial charge in [-0.25, -0.2) is 0 Å². The summed E-state index contributed by atoms with van der Waals surface area (Å²) in [5.41, 5.74) is 7.55. The molecule has 6 nitrogen and oxygen atoms in total. The van der Waals surface area contributed by atoms with Gasteiger partial charge in [-0.15, -0.1) is 12.4 Å². The summed E-state index contributed by atoms with van der Waals surface area (Å²) in [5.74, 6) is 0.0920. The van der Waals surface area contributed by atoms with Crippen LogP contribution in [0.2, 0.25) is 0 Å². The Labute approximate surface area is 159 Å². The molecular weight excluding hydrogens is 354 g/mol. The van der Waals surface area contributed by atoms with E-state index in [4.69, 9.17) is 10.5 Å². The second-order valence-electron chi connectivity index (χ2n) is 5.89. The second kappa shape index (κ2) is 10.4. The molecule has 26 heavy (non-hydrogen) atoms. The normalized spacial score (nSPS) is 11.0. The van der Waals surface area contributed by atoms with Crippen molar-refractivity contribution in [2.24, 2.45) is 5.73 Å². The summed E-state index contributed by atoms with van der Waals surface area (Å²) in [6.07, 6.45) is 0.459. The van der Waals surface area contributed by atoms with Crippen molar-refractivity contribution >= 4 is 29.9 Å². The third kappa shape index (κ3) is 6.74. The van der Waals surface area contributed by atoms with Crippen LogP contribution in [0.25, 0.3) is 0 Å². The van der Waals surface area contributed by atoms with E-state index < -0.39 is 6.04 Å². The van der Waals surface area contributed by atoms with Gasteiger partial charge in [0.25, 0.3) is 5.91 Å². The van der Waals surface area contributed by atoms with E-state index in [1.807, 2.05) is 30.3 Å². The van der Waals surface area contributed by atoms with E-state index >= 15 is 0 Å². The molecule has 0 unspecified atom stereocenters. The van der Waals surface area contributed by atoms with Crippen molar-refractivity contribution in [1.29, 1.82) is 0 Å². The molecule has 2 amide bonds. The highest BCUT2D eigenvalue weighted by Crippen LogP contribution is 2.17. The van der Waals surface area contributed by atoms with Crippen molar-refractivity contribution in [1.82, 2.24) is 4.90 Å². The zero-order chi connectivity index (χ0) is 18.2. The summed E-state index contributed by atoms with van der Waals surface area (Å²) in [5, 5.41) is 2.77. The van der Waals surface area contributed by atoms with Crippen LogP contribution in [0.15, 0.2) is 54.6 Å². The summed E-state index contributed by atoms with van der Waals surface area (Å²) in [4.78, 5) is 25.3. The number of nitrogens with zero attached hydrogens (tertiary/aromatic N) is 1. The van der Waals surface area contributed by atoms with Gasteiger partial charge in [0.05, 0.1) is 6.04 Å². The van der Waals surface area contributed by atoms with Crippen LogP contribution in [0.1, 0.15) is 5.56 Å². The lowest BCUT2D eigenvalue weighted by Crippen LogP contribution is -2.37. The lowest BCUT2D eigenvalue weighted by atomic mass is 10.1. The zero-order valence-corrected chi connectivity index (χ0v) is 15.7. The Kier molecular flexibility index (Phi) is 8.61. The molecule has 0 saturated heterocycles. The van der Waals surface area contributed by atoms with Crippen LogP contribution >= 0.6 is 12.4 Å². The third-order valence-electron chi connectivity index (χ3n) is 3.60. The van der Waals surface area contributed by atoms with Gasteiger partial charge in [0.2, 0.25) is 5.91 Å². The first kappa shape index (κ1) is 21.5. The first-order valence-corrected chi connectivity index (χ1v) is 7.99. The number of nitrogens with one attached hydrogen (secondary N) is 1. The number of benzene rings is 2. The standard InChI is InChI=1S/C19H23N3O3.ClH/c1-22(2)18(23)13-25-16-10-6-9-15(12-16)21-19(24)17(20)11-14-7-4-3-5-8-14;/h3-10,12,17H,11,13,20H2,1-2H3,(H,21,24);1H/t17-;/m0./s1. The van der Waals surface area contributed by atoms with Crippen molar-refractivity contribution in [2.45, 2.75) is 12.5 Å². The largest absolute Gasteiger partial charge is 0.484 e. The van der Waals surface area contributed by atoms with Crippen molar-refractivity contribution in [3.05, 3.63) is 60.2 Å². The number of anilines is 1. The molecule has 2 aromatic carbocycles. The summed E-state index contributed by atoms with van der Waals surface area (Å²) in [7, 11) is 3.33. The molecule has 1 atom stereocenters. The Bertz CT molecular complexity index is 723. The van der Waals surface area contributed by atoms with Gasteiger partial charge >= 0.3 is 0 Å². The smallest absolute Gasteiger partial charge is 0.259 e. The zero-order valence-electron chi connectivity index (χ0n) is 14.8. The molecule has 0 fully saturated rings. The van der Waals surface area contributed by atoms with E-state index in [9.17, 15) is 9.59 Å². The molecule has 0 heterocycles. The number of carbonyl (C=O) groups excluding carboxylic acids is 2. The summed E-state index contributed by atoms with van der Waals surface area (Å²) >= 11 is 0. The van der Waals surface area contributed by atoms with Crippen molar-refractivity contribution in [3.63, 3.8) is 0 Å². The van der Waals surface area contributed by atoms with Gasteiger partial charge in [-0.1, -0.05) is 36.4 Å². The molecule has 0 aliphatic heterocycles. The molecule has 0 radical (unpaired) electrons. The topological polar surface area (TPSA) is 84.7 Å². The fraction of sp³-hybridized carbons (Fsp3) is 0.263. The van der Waals surface area contributed by atoms with E-state index in [-0.39, 0.29) is 30.8 Å². The maximum atomic E-state index is 12.2. The number of hydrogen-bond donors (Lipinski definition) is 2. The lowest BCUT2D eigenvalue weighted by Gasteiger charge is -2.14. The van der Waals surface area contributed by atoms with Gasteiger partial charge in [0, 0.05) is 25.8 Å². The molecule has 0 aromatic heterocycles. The Morgan fingerprint density at radius 1 is 1.12 bits per heavy atom. The van der Waals surface area contributed by atoms with E-state index in [1.54, 1.807) is 38.4 Å². The molecule has 140 valence electrons. The molecular formula is C19H24ClN3O3. The predicted molar refractivity (Wildman–Crippen MR) is 105 cm³/mol. The van der Waals surface area contributed by atoms with Crippen molar-refractivity contribution < 1.29 is 14.3 Å². The number of hydrogen-bond acceptors (Lipinski definition) is 4. The van der Waals surface area contributed by atoms with Crippen LogP contribution in [0, 0.1) is 0 Å². The molecule has 3 N–H and O–H groups in total. The molecule has 0 saturated carbocycles. The second-order valence-corrected chi connectivity index (χ2v) is 5.89. The average molecular weight is 378 g/mol. The summed E-state index contributed by atoms with van der Waals surface area (Å²) < 4.78 is 5.43. The SMILES string of the molecule is CN(C)C(=O)COc1cccc(NC(=O)[C@@H](N)Cc2ccccc2)c1.Cl. The maximum Gasteiger partial charge on any atom is 0.259 e. The van der Waals surface area contributed by atoms with Crippen LogP contribution in [-0.4, -0.2) is 43.5 Å². The fourth-order valence-corrected chi connectivity index (χ4v) is 2.13. The molecule has 0 spiro atoms. The Morgan fingerprint density at radius 2 is 1.81 bits per heavy atom. The van der Waals surface area contributed by atoms with Crippen molar-refractivity contribution in [3.8, 4) is 5.75 Å². The van der Waals surface area contributed by atoms with Gasteiger partial charge in [-0.2, -0.15) is 0 Å².